The smallest absolute Gasteiger partial charge is 0.269 e. The monoisotopic (exact) mass is 341 g/mol. The normalized spacial score (nSPS) is 10.6. The Labute approximate surface area is 149 Å². The molecule has 2 rings (SSSR count). The molecule has 0 aliphatic heterocycles. The zero-order valence-corrected chi connectivity index (χ0v) is 15.2. The molecule has 0 unspecified atom stereocenters. The number of hydrogen-bond donors (Lipinski definition) is 2. The molecule has 0 radical (unpaired) electrons. The molecule has 1 aromatic carbocycles. The minimum Gasteiger partial charge on any atom is -0.497 e. The molecule has 0 spiro atoms. The first-order chi connectivity index (χ1) is 12.1. The van der Waals surface area contributed by atoms with Gasteiger partial charge in [0.2, 0.25) is 0 Å². The van der Waals surface area contributed by atoms with Crippen molar-refractivity contribution in [3.05, 3.63) is 53.9 Å². The largest absolute Gasteiger partial charge is 0.497 e. The number of ether oxygens (including phenoxy) is 1. The Hall–Kier alpha value is -2.56. The van der Waals surface area contributed by atoms with Gasteiger partial charge >= 0.3 is 0 Å². The van der Waals surface area contributed by atoms with Crippen LogP contribution in [-0.4, -0.2) is 31.1 Å². The van der Waals surface area contributed by atoms with Gasteiger partial charge < -0.3 is 15.4 Å². The van der Waals surface area contributed by atoms with E-state index in [2.05, 4.69) is 41.6 Å². The number of benzene rings is 1. The lowest BCUT2D eigenvalue weighted by molar-refractivity contribution is 0.0947. The highest BCUT2D eigenvalue weighted by Crippen LogP contribution is 2.13. The first-order valence-electron chi connectivity index (χ1n) is 8.69. The fraction of sp³-hybridized carbons (Fsp3) is 0.400. The Bertz CT molecular complexity index is 669. The standard InChI is InChI=1S/C20H27N3O2/c1-15(2)8-11-23-20(24)19-14-17(10-13-22-19)21-12-9-16-4-6-18(25-3)7-5-16/h4-7,10,13-15H,8-9,11-12H2,1-3H3,(H,21,22)(H,23,24). The van der Waals surface area contributed by atoms with Gasteiger partial charge in [0.05, 0.1) is 7.11 Å². The van der Waals surface area contributed by atoms with Crippen LogP contribution in [0.1, 0.15) is 36.3 Å². The summed E-state index contributed by atoms with van der Waals surface area (Å²) in [6.07, 6.45) is 3.51. The zero-order valence-electron chi connectivity index (χ0n) is 15.2. The number of hydrogen-bond acceptors (Lipinski definition) is 4. The zero-order chi connectivity index (χ0) is 18.1. The van der Waals surface area contributed by atoms with E-state index in [1.54, 1.807) is 19.4 Å². The van der Waals surface area contributed by atoms with Crippen LogP contribution in [0.3, 0.4) is 0 Å². The molecule has 134 valence electrons. The summed E-state index contributed by atoms with van der Waals surface area (Å²) in [6.45, 7) is 5.73. The Morgan fingerprint density at radius 1 is 1.16 bits per heavy atom. The molecule has 2 N–H and O–H groups in total. The van der Waals surface area contributed by atoms with Gasteiger partial charge in [0.25, 0.3) is 5.91 Å². The molecule has 5 heteroatoms. The molecule has 1 aromatic heterocycles. The Morgan fingerprint density at radius 3 is 2.60 bits per heavy atom. The second-order valence-electron chi connectivity index (χ2n) is 6.39. The predicted octanol–water partition coefficient (Wildman–Crippen LogP) is 3.52. The van der Waals surface area contributed by atoms with Crippen LogP contribution in [0.5, 0.6) is 5.75 Å². The summed E-state index contributed by atoms with van der Waals surface area (Å²) in [7, 11) is 1.66. The minimum absolute atomic E-state index is 0.126. The molecule has 25 heavy (non-hydrogen) atoms. The van der Waals surface area contributed by atoms with Gasteiger partial charge in [0, 0.05) is 25.0 Å². The van der Waals surface area contributed by atoms with Crippen molar-refractivity contribution in [2.24, 2.45) is 5.92 Å². The van der Waals surface area contributed by atoms with Crippen LogP contribution in [0, 0.1) is 5.92 Å². The maximum absolute atomic E-state index is 12.1. The average molecular weight is 341 g/mol. The summed E-state index contributed by atoms with van der Waals surface area (Å²) < 4.78 is 5.16. The van der Waals surface area contributed by atoms with E-state index in [0.29, 0.717) is 18.2 Å². The summed E-state index contributed by atoms with van der Waals surface area (Å²) in [5.41, 5.74) is 2.57. The van der Waals surface area contributed by atoms with E-state index in [-0.39, 0.29) is 5.91 Å². The second kappa shape index (κ2) is 9.67. The van der Waals surface area contributed by atoms with Crippen LogP contribution in [0.15, 0.2) is 42.6 Å². The lowest BCUT2D eigenvalue weighted by Crippen LogP contribution is -2.26. The topological polar surface area (TPSA) is 63.2 Å². The highest BCUT2D eigenvalue weighted by atomic mass is 16.5. The maximum Gasteiger partial charge on any atom is 0.269 e. The molecule has 0 aliphatic carbocycles. The molecule has 0 atom stereocenters. The van der Waals surface area contributed by atoms with Crippen molar-refractivity contribution >= 4 is 11.6 Å². The lowest BCUT2D eigenvalue weighted by Gasteiger charge is -2.09. The van der Waals surface area contributed by atoms with Crippen LogP contribution in [0.25, 0.3) is 0 Å². The van der Waals surface area contributed by atoms with Crippen LogP contribution in [0.2, 0.25) is 0 Å². The number of methoxy groups -OCH3 is 1. The molecule has 1 heterocycles. The van der Waals surface area contributed by atoms with Gasteiger partial charge in [-0.3, -0.25) is 9.78 Å². The van der Waals surface area contributed by atoms with E-state index in [9.17, 15) is 4.79 Å². The predicted molar refractivity (Wildman–Crippen MR) is 101 cm³/mol. The molecule has 0 fully saturated rings. The number of amides is 1. The SMILES string of the molecule is COc1ccc(CCNc2ccnc(C(=O)NCCC(C)C)c2)cc1. The van der Waals surface area contributed by atoms with Gasteiger partial charge in [-0.15, -0.1) is 0 Å². The van der Waals surface area contributed by atoms with E-state index in [1.807, 2.05) is 18.2 Å². The van der Waals surface area contributed by atoms with E-state index in [4.69, 9.17) is 4.74 Å². The molecular formula is C20H27N3O2. The van der Waals surface area contributed by atoms with Crippen molar-refractivity contribution in [1.82, 2.24) is 10.3 Å². The van der Waals surface area contributed by atoms with Gasteiger partial charge in [-0.1, -0.05) is 26.0 Å². The number of aromatic nitrogens is 1. The maximum atomic E-state index is 12.1. The van der Waals surface area contributed by atoms with Crippen molar-refractivity contribution < 1.29 is 9.53 Å². The lowest BCUT2D eigenvalue weighted by atomic mass is 10.1. The molecule has 5 nitrogen and oxygen atoms in total. The fourth-order valence-electron chi connectivity index (χ4n) is 2.37. The summed E-state index contributed by atoms with van der Waals surface area (Å²) in [5, 5.41) is 6.25. The molecular weight excluding hydrogens is 314 g/mol. The van der Waals surface area contributed by atoms with Crippen LogP contribution < -0.4 is 15.4 Å². The molecule has 0 saturated carbocycles. The van der Waals surface area contributed by atoms with Crippen molar-refractivity contribution in [3.63, 3.8) is 0 Å². The summed E-state index contributed by atoms with van der Waals surface area (Å²) >= 11 is 0. The first kappa shape index (κ1) is 18.8. The summed E-state index contributed by atoms with van der Waals surface area (Å²) in [4.78, 5) is 16.3. The van der Waals surface area contributed by atoms with Gasteiger partial charge in [-0.05, 0) is 48.6 Å². The highest BCUT2D eigenvalue weighted by molar-refractivity contribution is 5.93. The summed E-state index contributed by atoms with van der Waals surface area (Å²) in [6, 6.07) is 11.7. The van der Waals surface area contributed by atoms with Crippen molar-refractivity contribution in [3.8, 4) is 5.75 Å². The van der Waals surface area contributed by atoms with E-state index in [1.165, 1.54) is 5.56 Å². The molecule has 0 aliphatic rings. The number of rotatable bonds is 9. The molecule has 0 bridgehead atoms. The van der Waals surface area contributed by atoms with Gasteiger partial charge in [0.1, 0.15) is 11.4 Å². The van der Waals surface area contributed by atoms with E-state index in [0.717, 1.165) is 30.8 Å². The number of nitrogens with one attached hydrogen (secondary N) is 2. The number of carbonyl (C=O) groups is 1. The molecule has 0 saturated heterocycles. The van der Waals surface area contributed by atoms with Crippen LogP contribution in [-0.2, 0) is 6.42 Å². The first-order valence-corrected chi connectivity index (χ1v) is 8.69. The Morgan fingerprint density at radius 2 is 1.92 bits per heavy atom. The number of pyridine rings is 1. The van der Waals surface area contributed by atoms with Crippen molar-refractivity contribution in [1.29, 1.82) is 0 Å². The average Bonchev–Trinajstić information content (AvgIpc) is 2.62. The minimum atomic E-state index is -0.126. The highest BCUT2D eigenvalue weighted by Gasteiger charge is 2.07. The van der Waals surface area contributed by atoms with Crippen LogP contribution in [0.4, 0.5) is 5.69 Å². The van der Waals surface area contributed by atoms with Gasteiger partial charge in [0.15, 0.2) is 0 Å². The fourth-order valence-corrected chi connectivity index (χ4v) is 2.37. The Balaban J connectivity index is 1.82. The second-order valence-corrected chi connectivity index (χ2v) is 6.39. The third kappa shape index (κ3) is 6.45. The van der Waals surface area contributed by atoms with Gasteiger partial charge in [-0.25, -0.2) is 0 Å². The molecule has 2 aromatic rings. The third-order valence-corrected chi connectivity index (χ3v) is 3.90. The molecule has 1 amide bonds. The van der Waals surface area contributed by atoms with Crippen LogP contribution >= 0.6 is 0 Å². The number of anilines is 1. The number of nitrogens with zero attached hydrogens (tertiary/aromatic N) is 1. The Kier molecular flexibility index (Phi) is 7.26. The van der Waals surface area contributed by atoms with E-state index < -0.39 is 0 Å². The van der Waals surface area contributed by atoms with Crippen molar-refractivity contribution in [2.75, 3.05) is 25.5 Å². The quantitative estimate of drug-likeness (QED) is 0.732. The third-order valence-electron chi connectivity index (χ3n) is 3.90. The summed E-state index contributed by atoms with van der Waals surface area (Å²) in [5.74, 6) is 1.30. The van der Waals surface area contributed by atoms with Gasteiger partial charge in [-0.2, -0.15) is 0 Å². The van der Waals surface area contributed by atoms with Crippen molar-refractivity contribution in [2.45, 2.75) is 26.7 Å². The number of carbonyl (C=O) groups excluding carboxylic acids is 1. The van der Waals surface area contributed by atoms with E-state index >= 15 is 0 Å².